The molecule has 0 aliphatic heterocycles. The van der Waals surface area contributed by atoms with Gasteiger partial charge in [0.05, 0.1) is 10.9 Å². The maximum atomic E-state index is 13.1. The van der Waals surface area contributed by atoms with Crippen LogP contribution in [0.3, 0.4) is 0 Å². The Hall–Kier alpha value is -2.82. The molecule has 0 saturated heterocycles. The molecular formula is C16H11FN2O2. The number of hydrogen-bond donors (Lipinski definition) is 1. The number of H-pyrrole nitrogens is 1. The molecule has 1 N–H and O–H groups in total. The molecule has 3 rings (SSSR count). The number of rotatable bonds is 2. The van der Waals surface area contributed by atoms with Gasteiger partial charge in [0.2, 0.25) is 0 Å². The standard InChI is InChI=1S/C16H11FN2O2/c1-9(20)10-2-4-11(5-3-10)15-18-14-7-6-12(17)8-13(14)16(21)19-15/h2-8H,1H3,(H,18,19,21). The van der Waals surface area contributed by atoms with Crippen molar-refractivity contribution in [3.63, 3.8) is 0 Å². The van der Waals surface area contributed by atoms with Gasteiger partial charge in [0, 0.05) is 11.1 Å². The maximum absolute atomic E-state index is 13.1. The second kappa shape index (κ2) is 4.94. The van der Waals surface area contributed by atoms with E-state index in [0.717, 1.165) is 6.07 Å². The van der Waals surface area contributed by atoms with Crippen molar-refractivity contribution < 1.29 is 9.18 Å². The fourth-order valence-corrected chi connectivity index (χ4v) is 2.11. The highest BCUT2D eigenvalue weighted by Crippen LogP contribution is 2.17. The van der Waals surface area contributed by atoms with Crippen molar-refractivity contribution in [2.45, 2.75) is 6.92 Å². The van der Waals surface area contributed by atoms with Crippen LogP contribution in [-0.2, 0) is 0 Å². The third-order valence-corrected chi connectivity index (χ3v) is 3.23. The molecule has 0 fully saturated rings. The maximum Gasteiger partial charge on any atom is 0.259 e. The van der Waals surface area contributed by atoms with Crippen LogP contribution in [0.4, 0.5) is 4.39 Å². The first-order chi connectivity index (χ1) is 10.0. The number of carbonyl (C=O) groups is 1. The van der Waals surface area contributed by atoms with E-state index in [9.17, 15) is 14.0 Å². The van der Waals surface area contributed by atoms with E-state index in [-0.39, 0.29) is 11.2 Å². The van der Waals surface area contributed by atoms with Crippen LogP contribution in [0.2, 0.25) is 0 Å². The predicted molar refractivity (Wildman–Crippen MR) is 77.8 cm³/mol. The lowest BCUT2D eigenvalue weighted by Crippen LogP contribution is -2.09. The van der Waals surface area contributed by atoms with Crippen molar-refractivity contribution in [1.82, 2.24) is 9.97 Å². The summed E-state index contributed by atoms with van der Waals surface area (Å²) in [7, 11) is 0. The van der Waals surface area contributed by atoms with Crippen molar-refractivity contribution in [3.05, 3.63) is 64.2 Å². The molecule has 4 nitrogen and oxygen atoms in total. The smallest absolute Gasteiger partial charge is 0.259 e. The Morgan fingerprint density at radius 2 is 1.86 bits per heavy atom. The van der Waals surface area contributed by atoms with Gasteiger partial charge in [0.1, 0.15) is 11.6 Å². The Morgan fingerprint density at radius 3 is 2.52 bits per heavy atom. The van der Waals surface area contributed by atoms with Gasteiger partial charge in [-0.05, 0) is 25.1 Å². The molecule has 5 heteroatoms. The number of aromatic amines is 1. The summed E-state index contributed by atoms with van der Waals surface area (Å²) in [6.45, 7) is 1.49. The molecule has 1 heterocycles. The quantitative estimate of drug-likeness (QED) is 0.735. The van der Waals surface area contributed by atoms with Crippen LogP contribution < -0.4 is 5.56 Å². The molecule has 0 spiro atoms. The van der Waals surface area contributed by atoms with E-state index in [0.29, 0.717) is 22.5 Å². The number of hydrogen-bond acceptors (Lipinski definition) is 3. The molecule has 2 aromatic carbocycles. The fourth-order valence-electron chi connectivity index (χ4n) is 2.11. The minimum absolute atomic E-state index is 0.0306. The number of halogens is 1. The average Bonchev–Trinajstić information content (AvgIpc) is 2.48. The Balaban J connectivity index is 2.14. The van der Waals surface area contributed by atoms with E-state index in [1.54, 1.807) is 24.3 Å². The topological polar surface area (TPSA) is 62.8 Å². The molecule has 0 radical (unpaired) electrons. The number of Topliss-reactive ketones (excluding diaryl/α,β-unsaturated/α-hetero) is 1. The number of aromatic nitrogens is 2. The molecule has 0 atom stereocenters. The first-order valence-corrected chi connectivity index (χ1v) is 6.35. The summed E-state index contributed by atoms with van der Waals surface area (Å²) in [6.07, 6.45) is 0. The van der Waals surface area contributed by atoms with Gasteiger partial charge in [-0.2, -0.15) is 0 Å². The van der Waals surface area contributed by atoms with Gasteiger partial charge in [-0.3, -0.25) is 9.59 Å². The molecule has 3 aromatic rings. The molecule has 1 aromatic heterocycles. The highest BCUT2D eigenvalue weighted by Gasteiger charge is 2.07. The Labute approximate surface area is 119 Å². The summed E-state index contributed by atoms with van der Waals surface area (Å²) >= 11 is 0. The van der Waals surface area contributed by atoms with E-state index in [1.807, 2.05) is 0 Å². The number of nitrogens with zero attached hydrogens (tertiary/aromatic N) is 1. The minimum atomic E-state index is -0.478. The lowest BCUT2D eigenvalue weighted by Gasteiger charge is -2.04. The van der Waals surface area contributed by atoms with Crippen molar-refractivity contribution in [2.75, 3.05) is 0 Å². The largest absolute Gasteiger partial charge is 0.306 e. The molecule has 104 valence electrons. The van der Waals surface area contributed by atoms with Crippen LogP contribution in [0, 0.1) is 5.82 Å². The molecule has 0 saturated carbocycles. The molecule has 0 aliphatic rings. The van der Waals surface area contributed by atoms with Crippen molar-refractivity contribution in [1.29, 1.82) is 0 Å². The Bertz CT molecular complexity index is 898. The lowest BCUT2D eigenvalue weighted by atomic mass is 10.1. The lowest BCUT2D eigenvalue weighted by molar-refractivity contribution is 0.101. The van der Waals surface area contributed by atoms with Gasteiger partial charge in [-0.1, -0.05) is 24.3 Å². The summed E-state index contributed by atoms with van der Waals surface area (Å²) in [6, 6.07) is 10.7. The van der Waals surface area contributed by atoms with E-state index in [4.69, 9.17) is 0 Å². The second-order valence-electron chi connectivity index (χ2n) is 4.71. The van der Waals surface area contributed by atoms with E-state index >= 15 is 0 Å². The first kappa shape index (κ1) is 13.2. The minimum Gasteiger partial charge on any atom is -0.306 e. The Morgan fingerprint density at radius 1 is 1.14 bits per heavy atom. The molecule has 0 amide bonds. The zero-order chi connectivity index (χ0) is 15.0. The zero-order valence-corrected chi connectivity index (χ0v) is 11.2. The second-order valence-corrected chi connectivity index (χ2v) is 4.71. The number of carbonyl (C=O) groups excluding carboxylic acids is 1. The zero-order valence-electron chi connectivity index (χ0n) is 11.2. The number of fused-ring (bicyclic) bond motifs is 1. The van der Waals surface area contributed by atoms with Crippen LogP contribution in [-0.4, -0.2) is 15.8 Å². The van der Waals surface area contributed by atoms with E-state index < -0.39 is 11.4 Å². The van der Waals surface area contributed by atoms with Gasteiger partial charge in [-0.25, -0.2) is 9.37 Å². The summed E-state index contributed by atoms with van der Waals surface area (Å²) in [5.74, 6) is -0.125. The number of nitrogens with one attached hydrogen (secondary N) is 1. The highest BCUT2D eigenvalue weighted by molar-refractivity contribution is 5.94. The first-order valence-electron chi connectivity index (χ1n) is 6.35. The van der Waals surface area contributed by atoms with Gasteiger partial charge < -0.3 is 4.98 Å². The number of benzene rings is 2. The van der Waals surface area contributed by atoms with Crippen LogP contribution in [0.15, 0.2) is 47.3 Å². The van der Waals surface area contributed by atoms with Crippen molar-refractivity contribution in [3.8, 4) is 11.4 Å². The summed E-state index contributed by atoms with van der Waals surface area (Å²) in [4.78, 5) is 30.2. The summed E-state index contributed by atoms with van der Waals surface area (Å²) in [5.41, 5.74) is 1.29. The summed E-state index contributed by atoms with van der Waals surface area (Å²) in [5, 5.41) is 0.208. The monoisotopic (exact) mass is 282 g/mol. The van der Waals surface area contributed by atoms with Gasteiger partial charge in [0.15, 0.2) is 5.78 Å². The number of ketones is 1. The molecule has 21 heavy (non-hydrogen) atoms. The van der Waals surface area contributed by atoms with Gasteiger partial charge in [0.25, 0.3) is 5.56 Å². The van der Waals surface area contributed by atoms with Crippen LogP contribution >= 0.6 is 0 Å². The molecule has 0 bridgehead atoms. The highest BCUT2D eigenvalue weighted by atomic mass is 19.1. The summed E-state index contributed by atoms with van der Waals surface area (Å²) < 4.78 is 13.1. The van der Waals surface area contributed by atoms with Gasteiger partial charge in [-0.15, -0.1) is 0 Å². The van der Waals surface area contributed by atoms with E-state index in [2.05, 4.69) is 9.97 Å². The SMILES string of the molecule is CC(=O)c1ccc(-c2nc3ccc(F)cc3c(=O)[nH]2)cc1. The fraction of sp³-hybridized carbons (Fsp3) is 0.0625. The Kier molecular flexibility index (Phi) is 3.10. The predicted octanol–water partition coefficient (Wildman–Crippen LogP) is 2.93. The van der Waals surface area contributed by atoms with Gasteiger partial charge >= 0.3 is 0 Å². The molecule has 0 aliphatic carbocycles. The van der Waals surface area contributed by atoms with Crippen LogP contribution in [0.1, 0.15) is 17.3 Å². The third kappa shape index (κ3) is 2.45. The van der Waals surface area contributed by atoms with Crippen LogP contribution in [0.5, 0.6) is 0 Å². The normalized spacial score (nSPS) is 10.8. The van der Waals surface area contributed by atoms with Crippen molar-refractivity contribution >= 4 is 16.7 Å². The van der Waals surface area contributed by atoms with Crippen molar-refractivity contribution in [2.24, 2.45) is 0 Å². The third-order valence-electron chi connectivity index (χ3n) is 3.23. The van der Waals surface area contributed by atoms with Crippen LogP contribution in [0.25, 0.3) is 22.3 Å². The average molecular weight is 282 g/mol. The van der Waals surface area contributed by atoms with E-state index in [1.165, 1.54) is 19.1 Å². The molecule has 0 unspecified atom stereocenters. The molecular weight excluding hydrogens is 271 g/mol.